The highest BCUT2D eigenvalue weighted by Gasteiger charge is 2.12. The number of benzene rings is 1. The molecule has 4 heteroatoms. The summed E-state index contributed by atoms with van der Waals surface area (Å²) in [6.45, 7) is 0.721. The number of nitrogens with one attached hydrogen (secondary N) is 2. The second-order valence-corrected chi connectivity index (χ2v) is 6.23. The molecule has 3 rings (SSSR count). The highest BCUT2D eigenvalue weighted by atomic mass is 15.1. The van der Waals surface area contributed by atoms with Gasteiger partial charge in [0.05, 0.1) is 0 Å². The molecule has 1 aliphatic rings. The first-order valence-corrected chi connectivity index (χ1v) is 8.44. The number of nitrogens with zero attached hydrogens (tertiary/aromatic N) is 1. The largest absolute Gasteiger partial charge is 0.370 e. The summed E-state index contributed by atoms with van der Waals surface area (Å²) in [5.74, 6) is 0.600. The lowest BCUT2D eigenvalue weighted by atomic mass is 10.1. The summed E-state index contributed by atoms with van der Waals surface area (Å²) in [6, 6.07) is 11.0. The maximum absolute atomic E-state index is 6.02. The van der Waals surface area contributed by atoms with E-state index in [0.29, 0.717) is 12.0 Å². The number of rotatable bonds is 4. The van der Waals surface area contributed by atoms with Crippen molar-refractivity contribution < 1.29 is 0 Å². The Kier molecular flexibility index (Phi) is 4.99. The number of para-hydroxylation sites is 1. The number of hydrogen-bond donors (Lipinski definition) is 3. The van der Waals surface area contributed by atoms with Crippen LogP contribution in [0.5, 0.6) is 0 Å². The van der Waals surface area contributed by atoms with Crippen molar-refractivity contribution in [3.8, 4) is 0 Å². The Morgan fingerprint density at radius 3 is 2.73 bits per heavy atom. The third-order valence-corrected chi connectivity index (χ3v) is 4.46. The molecule has 4 nitrogen and oxygen atoms in total. The highest BCUT2D eigenvalue weighted by molar-refractivity contribution is 5.80. The van der Waals surface area contributed by atoms with Crippen LogP contribution >= 0.6 is 0 Å². The quantitative estimate of drug-likeness (QED) is 0.460. The first kappa shape index (κ1) is 14.9. The fourth-order valence-corrected chi connectivity index (χ4v) is 3.24. The standard InChI is InChI=1S/C18H26N4/c19-18(22-15-8-3-1-2-4-9-15)20-12-11-16-13-14-7-5-6-10-17(14)21-16/h5-7,10,13,15,21H,1-4,8-9,11-12H2,(H3,19,20,22). The number of aliphatic imine (C=N–C) groups is 1. The molecule has 1 aromatic carbocycles. The summed E-state index contributed by atoms with van der Waals surface area (Å²) >= 11 is 0. The lowest BCUT2D eigenvalue weighted by Crippen LogP contribution is -2.40. The number of guanidine groups is 1. The van der Waals surface area contributed by atoms with Crippen molar-refractivity contribution in [3.05, 3.63) is 36.0 Å². The molecule has 1 fully saturated rings. The van der Waals surface area contributed by atoms with Crippen molar-refractivity contribution in [2.75, 3.05) is 6.54 Å². The van der Waals surface area contributed by atoms with E-state index in [1.165, 1.54) is 55.1 Å². The zero-order valence-electron chi connectivity index (χ0n) is 13.1. The maximum atomic E-state index is 6.02. The van der Waals surface area contributed by atoms with Gasteiger partial charge in [-0.15, -0.1) is 0 Å². The molecule has 1 heterocycles. The van der Waals surface area contributed by atoms with E-state index in [9.17, 15) is 0 Å². The summed E-state index contributed by atoms with van der Waals surface area (Å²) < 4.78 is 0. The second kappa shape index (κ2) is 7.34. The van der Waals surface area contributed by atoms with Gasteiger partial charge in [-0.25, -0.2) is 0 Å². The van der Waals surface area contributed by atoms with Gasteiger partial charge >= 0.3 is 0 Å². The molecule has 22 heavy (non-hydrogen) atoms. The van der Waals surface area contributed by atoms with Crippen LogP contribution in [-0.4, -0.2) is 23.5 Å². The number of hydrogen-bond acceptors (Lipinski definition) is 1. The Morgan fingerprint density at radius 1 is 1.18 bits per heavy atom. The van der Waals surface area contributed by atoms with Crippen molar-refractivity contribution in [3.63, 3.8) is 0 Å². The highest BCUT2D eigenvalue weighted by Crippen LogP contribution is 2.17. The zero-order valence-corrected chi connectivity index (χ0v) is 13.1. The summed E-state index contributed by atoms with van der Waals surface area (Å²) in [7, 11) is 0. The Labute approximate surface area is 132 Å². The number of nitrogens with two attached hydrogens (primary N) is 1. The molecule has 0 bridgehead atoms. The van der Waals surface area contributed by atoms with E-state index in [1.54, 1.807) is 0 Å². The van der Waals surface area contributed by atoms with Crippen LogP contribution in [0.25, 0.3) is 10.9 Å². The Hall–Kier alpha value is -1.97. The average molecular weight is 298 g/mol. The minimum Gasteiger partial charge on any atom is -0.370 e. The second-order valence-electron chi connectivity index (χ2n) is 6.23. The van der Waals surface area contributed by atoms with Crippen LogP contribution < -0.4 is 11.1 Å². The normalized spacial score (nSPS) is 17.5. The van der Waals surface area contributed by atoms with E-state index < -0.39 is 0 Å². The zero-order chi connectivity index (χ0) is 15.2. The molecular weight excluding hydrogens is 272 g/mol. The van der Waals surface area contributed by atoms with Crippen molar-refractivity contribution in [2.24, 2.45) is 10.7 Å². The number of H-pyrrole nitrogens is 1. The minimum absolute atomic E-state index is 0.513. The van der Waals surface area contributed by atoms with Crippen molar-refractivity contribution >= 4 is 16.9 Å². The molecule has 0 unspecified atom stereocenters. The summed E-state index contributed by atoms with van der Waals surface area (Å²) in [5, 5.41) is 4.64. The molecular formula is C18H26N4. The Bertz CT molecular complexity index is 588. The molecule has 4 N–H and O–H groups in total. The van der Waals surface area contributed by atoms with E-state index in [4.69, 9.17) is 5.73 Å². The van der Waals surface area contributed by atoms with E-state index >= 15 is 0 Å². The van der Waals surface area contributed by atoms with Crippen LogP contribution in [0.15, 0.2) is 35.3 Å². The van der Waals surface area contributed by atoms with Gasteiger partial charge < -0.3 is 16.0 Å². The fraction of sp³-hybridized carbons (Fsp3) is 0.500. The van der Waals surface area contributed by atoms with E-state index in [1.807, 2.05) is 0 Å². The Morgan fingerprint density at radius 2 is 1.95 bits per heavy atom. The molecule has 0 saturated heterocycles. The first-order valence-electron chi connectivity index (χ1n) is 8.44. The minimum atomic E-state index is 0.513. The molecule has 2 aromatic rings. The third-order valence-electron chi connectivity index (χ3n) is 4.46. The van der Waals surface area contributed by atoms with Gasteiger partial charge in [-0.1, -0.05) is 43.9 Å². The molecule has 0 atom stereocenters. The fourth-order valence-electron chi connectivity index (χ4n) is 3.24. The molecule has 1 aliphatic carbocycles. The molecule has 0 radical (unpaired) electrons. The molecule has 0 amide bonds. The van der Waals surface area contributed by atoms with Crippen LogP contribution in [-0.2, 0) is 6.42 Å². The average Bonchev–Trinajstić information content (AvgIpc) is 2.75. The number of aromatic amines is 1. The van der Waals surface area contributed by atoms with Crippen LogP contribution in [0, 0.1) is 0 Å². The van der Waals surface area contributed by atoms with Gasteiger partial charge in [0.1, 0.15) is 0 Å². The summed E-state index contributed by atoms with van der Waals surface area (Å²) in [5.41, 5.74) is 8.42. The van der Waals surface area contributed by atoms with Crippen molar-refractivity contribution in [1.29, 1.82) is 0 Å². The van der Waals surface area contributed by atoms with Crippen LogP contribution in [0.2, 0.25) is 0 Å². The van der Waals surface area contributed by atoms with Gasteiger partial charge in [0.25, 0.3) is 0 Å². The van der Waals surface area contributed by atoms with Crippen LogP contribution in [0.3, 0.4) is 0 Å². The summed E-state index contributed by atoms with van der Waals surface area (Å²) in [4.78, 5) is 7.91. The van der Waals surface area contributed by atoms with E-state index in [-0.39, 0.29) is 0 Å². The maximum Gasteiger partial charge on any atom is 0.188 e. The summed E-state index contributed by atoms with van der Waals surface area (Å²) in [6.07, 6.45) is 8.66. The predicted molar refractivity (Wildman–Crippen MR) is 93.1 cm³/mol. The van der Waals surface area contributed by atoms with Gasteiger partial charge in [-0.3, -0.25) is 4.99 Å². The molecule has 0 aliphatic heterocycles. The SMILES string of the molecule is NC(=NCCc1cc2ccccc2[nH]1)NC1CCCCCC1. The molecule has 1 aromatic heterocycles. The van der Waals surface area contributed by atoms with Gasteiger partial charge in [-0.2, -0.15) is 0 Å². The predicted octanol–water partition coefficient (Wildman–Crippen LogP) is 3.34. The lowest BCUT2D eigenvalue weighted by Gasteiger charge is -2.16. The third kappa shape index (κ3) is 4.03. The van der Waals surface area contributed by atoms with Crippen LogP contribution in [0.1, 0.15) is 44.2 Å². The molecule has 0 spiro atoms. The van der Waals surface area contributed by atoms with Gasteiger partial charge in [0, 0.05) is 30.2 Å². The molecule has 118 valence electrons. The Balaban J connectivity index is 1.50. The van der Waals surface area contributed by atoms with Gasteiger partial charge in [0.15, 0.2) is 5.96 Å². The van der Waals surface area contributed by atoms with Crippen molar-refractivity contribution in [1.82, 2.24) is 10.3 Å². The smallest absolute Gasteiger partial charge is 0.188 e. The topological polar surface area (TPSA) is 66.2 Å². The van der Waals surface area contributed by atoms with E-state index in [0.717, 1.165) is 13.0 Å². The lowest BCUT2D eigenvalue weighted by molar-refractivity contribution is 0.530. The number of fused-ring (bicyclic) bond motifs is 1. The molecule has 1 saturated carbocycles. The first-order chi connectivity index (χ1) is 10.8. The van der Waals surface area contributed by atoms with Crippen LogP contribution in [0.4, 0.5) is 0 Å². The number of aromatic nitrogens is 1. The van der Waals surface area contributed by atoms with Gasteiger partial charge in [0.2, 0.25) is 0 Å². The van der Waals surface area contributed by atoms with E-state index in [2.05, 4.69) is 45.6 Å². The van der Waals surface area contributed by atoms with Gasteiger partial charge in [-0.05, 0) is 30.4 Å². The van der Waals surface area contributed by atoms with Crippen molar-refractivity contribution in [2.45, 2.75) is 51.0 Å². The monoisotopic (exact) mass is 298 g/mol.